The molecular weight excluding hydrogens is 414 g/mol. The van der Waals surface area contributed by atoms with Gasteiger partial charge in [0.1, 0.15) is 12.5 Å². The van der Waals surface area contributed by atoms with Gasteiger partial charge in [0.15, 0.2) is 14.1 Å². The average molecular weight is 450 g/mol. The number of ketones is 1. The molecule has 0 saturated carbocycles. The number of likely N-dealkylation sites (tertiary alicyclic amines) is 1. The summed E-state index contributed by atoms with van der Waals surface area (Å²) in [6.45, 7) is 9.88. The summed E-state index contributed by atoms with van der Waals surface area (Å²) in [6.07, 6.45) is 0.511. The van der Waals surface area contributed by atoms with Crippen molar-refractivity contribution in [1.29, 1.82) is 0 Å². The number of hydrogen-bond acceptors (Lipinski definition) is 6. The number of rotatable bonds is 8. The molecule has 1 aliphatic rings. The van der Waals surface area contributed by atoms with Gasteiger partial charge in [0, 0.05) is 13.0 Å². The molecule has 1 aromatic carbocycles. The third kappa shape index (κ3) is 6.40. The number of carbonyl (C=O) groups is 3. The number of carbonyl (C=O) groups excluding carboxylic acids is 3. The Morgan fingerprint density at radius 1 is 1.19 bits per heavy atom. The van der Waals surface area contributed by atoms with Crippen LogP contribution in [0.2, 0.25) is 18.1 Å². The number of hydrogen-bond donors (Lipinski definition) is 1. The second-order valence-corrected chi connectivity index (χ2v) is 13.7. The maximum absolute atomic E-state index is 12.9. The first-order valence-corrected chi connectivity index (χ1v) is 13.8. The molecule has 1 fully saturated rings. The molecule has 172 valence electrons. The van der Waals surface area contributed by atoms with Crippen LogP contribution >= 0.6 is 0 Å². The second-order valence-electron chi connectivity index (χ2n) is 9.23. The van der Waals surface area contributed by atoms with E-state index in [4.69, 9.17) is 9.47 Å². The van der Waals surface area contributed by atoms with E-state index in [1.807, 2.05) is 57.3 Å². The van der Waals surface area contributed by atoms with Crippen molar-refractivity contribution in [3.8, 4) is 0 Å². The second kappa shape index (κ2) is 10.4. The van der Waals surface area contributed by atoms with E-state index in [1.165, 1.54) is 4.90 Å². The van der Waals surface area contributed by atoms with E-state index in [2.05, 4.69) is 0 Å². The Morgan fingerprint density at radius 3 is 2.42 bits per heavy atom. The molecule has 1 aromatic rings. The topological polar surface area (TPSA) is 93.1 Å². The van der Waals surface area contributed by atoms with Crippen LogP contribution in [0.4, 0.5) is 4.79 Å². The summed E-state index contributed by atoms with van der Waals surface area (Å²) >= 11 is 0. The van der Waals surface area contributed by atoms with Gasteiger partial charge in [0.05, 0.1) is 12.6 Å². The fraction of sp³-hybridized carbons (Fsp3) is 0.609. The molecule has 1 amide bonds. The monoisotopic (exact) mass is 449 g/mol. The highest BCUT2D eigenvalue weighted by Crippen LogP contribution is 2.42. The fourth-order valence-electron chi connectivity index (χ4n) is 3.63. The summed E-state index contributed by atoms with van der Waals surface area (Å²) in [4.78, 5) is 50.4. The Morgan fingerprint density at radius 2 is 1.84 bits per heavy atom. The van der Waals surface area contributed by atoms with E-state index in [9.17, 15) is 19.2 Å². The normalized spacial score (nSPS) is 19.8. The van der Waals surface area contributed by atoms with E-state index >= 15 is 0 Å². The van der Waals surface area contributed by atoms with E-state index in [-0.39, 0.29) is 37.0 Å². The molecule has 0 aliphatic carbocycles. The molecule has 0 spiro atoms. The number of piperidine rings is 1. The predicted octanol–water partition coefficient (Wildman–Crippen LogP) is 3.90. The van der Waals surface area contributed by atoms with Crippen molar-refractivity contribution in [2.75, 3.05) is 13.2 Å². The van der Waals surface area contributed by atoms with Crippen molar-refractivity contribution in [3.63, 3.8) is 0 Å². The van der Waals surface area contributed by atoms with Crippen molar-refractivity contribution in [2.24, 2.45) is 5.92 Å². The maximum Gasteiger partial charge on any atom is 0.410 e. The van der Waals surface area contributed by atoms with Gasteiger partial charge in [0.25, 0.3) is 0 Å². The van der Waals surface area contributed by atoms with Gasteiger partial charge in [-0.25, -0.2) is 4.79 Å². The van der Waals surface area contributed by atoms with Crippen LogP contribution in [0.1, 0.15) is 45.6 Å². The van der Waals surface area contributed by atoms with Gasteiger partial charge in [0.2, 0.25) is 0 Å². The van der Waals surface area contributed by atoms with Crippen LogP contribution < -0.4 is 0 Å². The van der Waals surface area contributed by atoms with E-state index < -0.39 is 32.3 Å². The molecule has 31 heavy (non-hydrogen) atoms. The highest BCUT2D eigenvalue weighted by Gasteiger charge is 2.47. The Hall–Kier alpha value is -2.19. The first-order valence-electron chi connectivity index (χ1n) is 10.9. The van der Waals surface area contributed by atoms with Crippen LogP contribution in [-0.2, 0) is 25.7 Å². The van der Waals surface area contributed by atoms with Crippen molar-refractivity contribution in [1.82, 2.24) is 4.90 Å². The van der Waals surface area contributed by atoms with E-state index in [1.54, 1.807) is 6.92 Å². The standard InChI is InChI=1S/C23H35NO6Si/c1-6-29-21(26)20-18(12-14-23(2,3)31(4,5)28)24(15-13-19(20)25)22(27)30-16-17-10-8-7-9-11-17/h7-11,18,20,28H,6,12-16H2,1-5H3. The molecule has 0 aromatic heterocycles. The first-order chi connectivity index (χ1) is 14.5. The van der Waals surface area contributed by atoms with Gasteiger partial charge >= 0.3 is 12.1 Å². The lowest BCUT2D eigenvalue weighted by Crippen LogP contribution is -2.55. The molecule has 2 unspecified atom stereocenters. The average Bonchev–Trinajstić information content (AvgIpc) is 2.70. The molecule has 1 saturated heterocycles. The molecule has 2 atom stereocenters. The molecule has 1 heterocycles. The molecule has 8 heteroatoms. The van der Waals surface area contributed by atoms with Crippen LogP contribution in [0.3, 0.4) is 0 Å². The minimum Gasteiger partial charge on any atom is -0.465 e. The lowest BCUT2D eigenvalue weighted by molar-refractivity contribution is -0.156. The highest BCUT2D eigenvalue weighted by molar-refractivity contribution is 6.72. The third-order valence-electron chi connectivity index (χ3n) is 6.43. The molecule has 2 rings (SSSR count). The first kappa shape index (κ1) is 25.1. The molecule has 1 N–H and O–H groups in total. The summed E-state index contributed by atoms with van der Waals surface area (Å²) in [7, 11) is -2.50. The quantitative estimate of drug-likeness (QED) is 0.367. The lowest BCUT2D eigenvalue weighted by atomic mass is 9.84. The van der Waals surface area contributed by atoms with E-state index in [0.29, 0.717) is 12.8 Å². The van der Waals surface area contributed by atoms with Crippen LogP contribution in [0.5, 0.6) is 0 Å². The maximum atomic E-state index is 12.9. The minimum atomic E-state index is -2.50. The summed E-state index contributed by atoms with van der Waals surface area (Å²) < 4.78 is 10.7. The Balaban J connectivity index is 2.22. The largest absolute Gasteiger partial charge is 0.465 e. The SMILES string of the molecule is CCOC(=O)C1C(=O)CCN(C(=O)OCc2ccccc2)C1CCC(C)(C)[Si](C)(C)O. The number of benzene rings is 1. The van der Waals surface area contributed by atoms with Crippen molar-refractivity contribution in [2.45, 2.75) is 70.8 Å². The molecule has 0 bridgehead atoms. The lowest BCUT2D eigenvalue weighted by Gasteiger charge is -2.41. The zero-order chi connectivity index (χ0) is 23.2. The van der Waals surface area contributed by atoms with Crippen LogP contribution in [-0.4, -0.2) is 55.1 Å². The van der Waals surface area contributed by atoms with Gasteiger partial charge in [-0.3, -0.25) is 9.59 Å². The third-order valence-corrected chi connectivity index (χ3v) is 10.00. The van der Waals surface area contributed by atoms with Gasteiger partial charge in [-0.05, 0) is 43.5 Å². The Kier molecular flexibility index (Phi) is 8.42. The molecule has 1 aliphatic heterocycles. The summed E-state index contributed by atoms with van der Waals surface area (Å²) in [5, 5.41) is -0.355. The van der Waals surface area contributed by atoms with Gasteiger partial charge in [-0.1, -0.05) is 44.2 Å². The number of esters is 1. The van der Waals surface area contributed by atoms with Gasteiger partial charge in [-0.2, -0.15) is 0 Å². The zero-order valence-corrected chi connectivity index (χ0v) is 20.2. The Labute approximate surface area is 185 Å². The van der Waals surface area contributed by atoms with Gasteiger partial charge < -0.3 is 19.2 Å². The van der Waals surface area contributed by atoms with Crippen LogP contribution in [0.25, 0.3) is 0 Å². The highest BCUT2D eigenvalue weighted by atomic mass is 28.4. The number of Topliss-reactive ketones (excluding diaryl/α,β-unsaturated/α-hetero) is 1. The van der Waals surface area contributed by atoms with Gasteiger partial charge in [-0.15, -0.1) is 0 Å². The van der Waals surface area contributed by atoms with Crippen molar-refractivity contribution >= 4 is 26.2 Å². The number of nitrogens with zero attached hydrogens (tertiary/aromatic N) is 1. The molecule has 0 radical (unpaired) electrons. The summed E-state index contributed by atoms with van der Waals surface area (Å²) in [5.41, 5.74) is 0.858. The predicted molar refractivity (Wildman–Crippen MR) is 120 cm³/mol. The molecule has 7 nitrogen and oxygen atoms in total. The fourth-order valence-corrected chi connectivity index (χ4v) is 4.39. The summed E-state index contributed by atoms with van der Waals surface area (Å²) in [5.74, 6) is -1.84. The van der Waals surface area contributed by atoms with Crippen LogP contribution in [0.15, 0.2) is 30.3 Å². The van der Waals surface area contributed by atoms with Crippen molar-refractivity contribution in [3.05, 3.63) is 35.9 Å². The minimum absolute atomic E-state index is 0.0874. The zero-order valence-electron chi connectivity index (χ0n) is 19.2. The van der Waals surface area contributed by atoms with E-state index in [0.717, 1.165) is 5.56 Å². The number of amides is 1. The summed E-state index contributed by atoms with van der Waals surface area (Å²) in [6, 6.07) is 8.69. The van der Waals surface area contributed by atoms with Crippen molar-refractivity contribution < 1.29 is 28.7 Å². The van der Waals surface area contributed by atoms with Crippen LogP contribution in [0, 0.1) is 5.92 Å². The number of ether oxygens (including phenoxy) is 2. The Bertz CT molecular complexity index is 774. The molecular formula is C23H35NO6Si. The smallest absolute Gasteiger partial charge is 0.410 e.